The van der Waals surface area contributed by atoms with Gasteiger partial charge >= 0.3 is 0 Å². The van der Waals surface area contributed by atoms with E-state index in [0.717, 1.165) is 18.1 Å². The molecule has 1 aromatic heterocycles. The van der Waals surface area contributed by atoms with Crippen LogP contribution < -0.4 is 5.32 Å². The van der Waals surface area contributed by atoms with Crippen molar-refractivity contribution in [2.45, 2.75) is 38.5 Å². The van der Waals surface area contributed by atoms with Crippen LogP contribution in [0.3, 0.4) is 0 Å². The Morgan fingerprint density at radius 2 is 1.67 bits per heavy atom. The maximum Gasteiger partial charge on any atom is 0.137 e. The highest BCUT2D eigenvalue weighted by Gasteiger charge is 2.19. The van der Waals surface area contributed by atoms with Crippen LogP contribution in [-0.2, 0) is 11.5 Å². The lowest BCUT2D eigenvalue weighted by Gasteiger charge is -2.22. The molecule has 3 aromatic rings. The van der Waals surface area contributed by atoms with E-state index in [4.69, 9.17) is 4.74 Å². The van der Waals surface area contributed by atoms with Crippen molar-refractivity contribution in [1.29, 1.82) is 0 Å². The van der Waals surface area contributed by atoms with Crippen LogP contribution in [0.5, 0.6) is 0 Å². The first-order valence-electron chi connectivity index (χ1n) is 9.48. The Hall–Kier alpha value is -2.37. The van der Waals surface area contributed by atoms with E-state index in [0.29, 0.717) is 6.73 Å². The molecule has 0 amide bonds. The number of imidazole rings is 1. The van der Waals surface area contributed by atoms with E-state index in [-0.39, 0.29) is 6.04 Å². The van der Waals surface area contributed by atoms with Gasteiger partial charge in [-0.15, -0.1) is 0 Å². The maximum absolute atomic E-state index is 5.96. The zero-order chi connectivity index (χ0) is 19.1. The highest BCUT2D eigenvalue weighted by atomic mass is 28.3. The number of anilines is 1. The topological polar surface area (TPSA) is 39.1 Å². The van der Waals surface area contributed by atoms with Gasteiger partial charge in [-0.25, -0.2) is 4.98 Å². The highest BCUT2D eigenvalue weighted by molar-refractivity contribution is 6.76. The second-order valence-corrected chi connectivity index (χ2v) is 13.6. The van der Waals surface area contributed by atoms with Crippen molar-refractivity contribution in [3.63, 3.8) is 0 Å². The Labute approximate surface area is 163 Å². The summed E-state index contributed by atoms with van der Waals surface area (Å²) in [6, 6.07) is 21.8. The fourth-order valence-corrected chi connectivity index (χ4v) is 3.63. The van der Waals surface area contributed by atoms with Crippen LogP contribution in [0.4, 0.5) is 5.69 Å². The van der Waals surface area contributed by atoms with Crippen LogP contribution in [0, 0.1) is 0 Å². The first kappa shape index (κ1) is 19.4. The minimum atomic E-state index is -1.08. The predicted octanol–water partition coefficient (Wildman–Crippen LogP) is 5.40. The van der Waals surface area contributed by atoms with Crippen LogP contribution in [0.15, 0.2) is 73.1 Å². The summed E-state index contributed by atoms with van der Waals surface area (Å²) in [4.78, 5) is 4.65. The van der Waals surface area contributed by atoms with Crippen LogP contribution in [0.1, 0.15) is 17.4 Å². The van der Waals surface area contributed by atoms with Crippen molar-refractivity contribution >= 4 is 13.8 Å². The molecule has 2 aromatic carbocycles. The Bertz CT molecular complexity index is 812. The van der Waals surface area contributed by atoms with Crippen LogP contribution >= 0.6 is 0 Å². The molecule has 0 spiro atoms. The first-order valence-corrected chi connectivity index (χ1v) is 13.2. The molecular weight excluding hydrogens is 350 g/mol. The lowest BCUT2D eigenvalue weighted by atomic mass is 10.1. The van der Waals surface area contributed by atoms with Gasteiger partial charge in [-0.3, -0.25) is 0 Å². The van der Waals surface area contributed by atoms with Crippen molar-refractivity contribution in [2.75, 3.05) is 11.9 Å². The Kier molecular flexibility index (Phi) is 6.48. The van der Waals surface area contributed by atoms with Crippen molar-refractivity contribution in [3.05, 3.63) is 84.4 Å². The summed E-state index contributed by atoms with van der Waals surface area (Å²) >= 11 is 0. The third kappa shape index (κ3) is 5.81. The number of hydrogen-bond acceptors (Lipinski definition) is 3. The molecule has 0 radical (unpaired) electrons. The predicted molar refractivity (Wildman–Crippen MR) is 115 cm³/mol. The van der Waals surface area contributed by atoms with E-state index in [2.05, 4.69) is 70.9 Å². The van der Waals surface area contributed by atoms with Gasteiger partial charge in [0, 0.05) is 32.8 Å². The number of para-hydroxylation sites is 1. The summed E-state index contributed by atoms with van der Waals surface area (Å²) in [7, 11) is -1.08. The molecule has 0 aliphatic carbocycles. The Morgan fingerprint density at radius 3 is 2.33 bits per heavy atom. The molecule has 4 nitrogen and oxygen atoms in total. The summed E-state index contributed by atoms with van der Waals surface area (Å²) in [5.41, 5.74) is 2.25. The standard InChI is InChI=1S/C22H29N3OSi/c1-27(2,3)17-16-26-18-25-15-14-23-22(25)21(19-10-6-4-7-11-19)24-20-12-8-5-9-13-20/h4-15,21,24H,16-18H2,1-3H3. The van der Waals surface area contributed by atoms with Crippen molar-refractivity contribution < 1.29 is 4.74 Å². The second kappa shape index (κ2) is 9.02. The van der Waals surface area contributed by atoms with Gasteiger partial charge in [-0.2, -0.15) is 0 Å². The molecule has 0 aliphatic heterocycles. The van der Waals surface area contributed by atoms with Gasteiger partial charge in [0.2, 0.25) is 0 Å². The van der Waals surface area contributed by atoms with Crippen LogP contribution in [0.2, 0.25) is 25.7 Å². The first-order chi connectivity index (χ1) is 13.0. The minimum absolute atomic E-state index is 0.0378. The van der Waals surface area contributed by atoms with E-state index < -0.39 is 8.07 Å². The number of nitrogens with one attached hydrogen (secondary N) is 1. The molecule has 1 unspecified atom stereocenters. The number of ether oxygens (including phenoxy) is 1. The average molecular weight is 380 g/mol. The molecule has 0 bridgehead atoms. The zero-order valence-electron chi connectivity index (χ0n) is 16.4. The summed E-state index contributed by atoms with van der Waals surface area (Å²) in [6.07, 6.45) is 3.84. The van der Waals surface area contributed by atoms with E-state index >= 15 is 0 Å². The molecule has 0 saturated carbocycles. The number of rotatable bonds is 9. The quantitative estimate of drug-likeness (QED) is 0.400. The molecule has 142 valence electrons. The second-order valence-electron chi connectivity index (χ2n) is 7.96. The highest BCUT2D eigenvalue weighted by Crippen LogP contribution is 2.25. The van der Waals surface area contributed by atoms with Crippen LogP contribution in [-0.4, -0.2) is 24.2 Å². The minimum Gasteiger partial charge on any atom is -0.372 e. The lowest BCUT2D eigenvalue weighted by Crippen LogP contribution is -2.23. The normalized spacial score (nSPS) is 12.7. The molecule has 0 aliphatic rings. The maximum atomic E-state index is 5.96. The number of hydrogen-bond donors (Lipinski definition) is 1. The smallest absolute Gasteiger partial charge is 0.137 e. The molecule has 1 N–H and O–H groups in total. The zero-order valence-corrected chi connectivity index (χ0v) is 17.4. The lowest BCUT2D eigenvalue weighted by molar-refractivity contribution is 0.0849. The van der Waals surface area contributed by atoms with Gasteiger partial charge in [0.15, 0.2) is 0 Å². The fourth-order valence-electron chi connectivity index (χ4n) is 2.87. The van der Waals surface area contributed by atoms with Gasteiger partial charge in [0.25, 0.3) is 0 Å². The SMILES string of the molecule is C[Si](C)(C)CCOCn1ccnc1C(Nc1ccccc1)c1ccccc1. The Morgan fingerprint density at radius 1 is 1.00 bits per heavy atom. The molecular formula is C22H29N3OSi. The van der Waals surface area contributed by atoms with Gasteiger partial charge in [-0.1, -0.05) is 68.2 Å². The molecule has 3 rings (SSSR count). The van der Waals surface area contributed by atoms with Gasteiger partial charge in [-0.05, 0) is 23.7 Å². The molecule has 1 heterocycles. The largest absolute Gasteiger partial charge is 0.372 e. The van der Waals surface area contributed by atoms with Gasteiger partial charge in [0.05, 0.1) is 0 Å². The van der Waals surface area contributed by atoms with E-state index in [1.54, 1.807) is 0 Å². The van der Waals surface area contributed by atoms with Crippen LogP contribution in [0.25, 0.3) is 0 Å². The van der Waals surface area contributed by atoms with E-state index in [9.17, 15) is 0 Å². The van der Waals surface area contributed by atoms with E-state index in [1.165, 1.54) is 11.6 Å². The van der Waals surface area contributed by atoms with Crippen molar-refractivity contribution in [2.24, 2.45) is 0 Å². The fraction of sp³-hybridized carbons (Fsp3) is 0.318. The van der Waals surface area contributed by atoms with Crippen molar-refractivity contribution in [3.8, 4) is 0 Å². The summed E-state index contributed by atoms with van der Waals surface area (Å²) in [6.45, 7) is 8.44. The Balaban J connectivity index is 1.78. The summed E-state index contributed by atoms with van der Waals surface area (Å²) < 4.78 is 8.06. The molecule has 27 heavy (non-hydrogen) atoms. The number of aromatic nitrogens is 2. The van der Waals surface area contributed by atoms with Gasteiger partial charge in [0.1, 0.15) is 18.6 Å². The number of nitrogens with zero attached hydrogens (tertiary/aromatic N) is 2. The van der Waals surface area contributed by atoms with E-state index in [1.807, 2.05) is 36.7 Å². The molecule has 1 atom stereocenters. The summed E-state index contributed by atoms with van der Waals surface area (Å²) in [5.74, 6) is 0.957. The third-order valence-electron chi connectivity index (χ3n) is 4.45. The monoisotopic (exact) mass is 379 g/mol. The average Bonchev–Trinajstić information content (AvgIpc) is 3.12. The van der Waals surface area contributed by atoms with Gasteiger partial charge < -0.3 is 14.6 Å². The molecule has 5 heteroatoms. The molecule has 0 fully saturated rings. The number of benzene rings is 2. The molecule has 0 saturated heterocycles. The van der Waals surface area contributed by atoms with Crippen molar-refractivity contribution in [1.82, 2.24) is 9.55 Å². The third-order valence-corrected chi connectivity index (χ3v) is 6.15. The summed E-state index contributed by atoms with van der Waals surface area (Å²) in [5, 5.41) is 3.62.